The fourth-order valence-electron chi connectivity index (χ4n) is 1.39. The Hall–Kier alpha value is -2.10. The SMILES string of the molecule is C[n+]1c[nH]c(Oc2ccc(C#N)cc2Cl)c(O)c1=S. The van der Waals surface area contributed by atoms with E-state index in [0.29, 0.717) is 11.3 Å². The van der Waals surface area contributed by atoms with Crippen molar-refractivity contribution in [1.29, 1.82) is 5.26 Å². The van der Waals surface area contributed by atoms with Gasteiger partial charge >= 0.3 is 5.88 Å². The van der Waals surface area contributed by atoms with Crippen LogP contribution in [0.3, 0.4) is 0 Å². The molecule has 1 aromatic heterocycles. The molecule has 1 aromatic carbocycles. The quantitative estimate of drug-likeness (QED) is 0.659. The number of rotatable bonds is 2. The molecule has 0 aliphatic heterocycles. The summed E-state index contributed by atoms with van der Waals surface area (Å²) >= 11 is 11.0. The Labute approximate surface area is 119 Å². The van der Waals surface area contributed by atoms with Gasteiger partial charge in [-0.25, -0.2) is 9.55 Å². The number of nitriles is 1. The maximum atomic E-state index is 9.85. The van der Waals surface area contributed by atoms with Gasteiger partial charge in [-0.2, -0.15) is 5.26 Å². The predicted molar refractivity (Wildman–Crippen MR) is 70.7 cm³/mol. The predicted octanol–water partition coefficient (Wildman–Crippen LogP) is 2.59. The van der Waals surface area contributed by atoms with E-state index in [0.717, 1.165) is 0 Å². The fraction of sp³-hybridized carbons (Fsp3) is 0.0833. The first-order valence-corrected chi connectivity index (χ1v) is 5.99. The molecule has 0 aliphatic carbocycles. The number of benzene rings is 1. The smallest absolute Gasteiger partial charge is 0.336 e. The molecule has 0 saturated heterocycles. The average molecular weight is 295 g/mol. The molecule has 2 rings (SSSR count). The van der Waals surface area contributed by atoms with E-state index in [1.807, 2.05) is 6.07 Å². The van der Waals surface area contributed by atoms with Crippen molar-refractivity contribution in [1.82, 2.24) is 4.98 Å². The molecule has 2 N–H and O–H groups in total. The first-order chi connectivity index (χ1) is 9.02. The summed E-state index contributed by atoms with van der Waals surface area (Å²) in [5.74, 6) is 0.227. The van der Waals surface area contributed by atoms with E-state index in [4.69, 9.17) is 33.8 Å². The lowest BCUT2D eigenvalue weighted by molar-refractivity contribution is -0.681. The Kier molecular flexibility index (Phi) is 3.69. The summed E-state index contributed by atoms with van der Waals surface area (Å²) in [5.41, 5.74) is 0.425. The van der Waals surface area contributed by atoms with Gasteiger partial charge in [0.2, 0.25) is 11.0 Å². The number of nitrogens with one attached hydrogen (secondary N) is 1. The molecule has 7 heteroatoms. The molecule has 0 bridgehead atoms. The van der Waals surface area contributed by atoms with Gasteiger partial charge in [0.05, 0.1) is 23.7 Å². The van der Waals surface area contributed by atoms with Gasteiger partial charge in [-0.1, -0.05) is 11.6 Å². The summed E-state index contributed by atoms with van der Waals surface area (Å²) in [6, 6.07) is 6.56. The second-order valence-electron chi connectivity index (χ2n) is 3.73. The Morgan fingerprint density at radius 2 is 2.26 bits per heavy atom. The summed E-state index contributed by atoms with van der Waals surface area (Å²) in [6.45, 7) is 0. The minimum absolute atomic E-state index is 0.0923. The minimum atomic E-state index is -0.180. The third kappa shape index (κ3) is 2.67. The van der Waals surface area contributed by atoms with Gasteiger partial charge < -0.3 is 9.84 Å². The van der Waals surface area contributed by atoms with Crippen molar-refractivity contribution >= 4 is 23.8 Å². The maximum Gasteiger partial charge on any atom is 0.336 e. The van der Waals surface area contributed by atoms with Crippen LogP contribution in [0.25, 0.3) is 0 Å². The number of hydrogen-bond donors (Lipinski definition) is 2. The van der Waals surface area contributed by atoms with E-state index >= 15 is 0 Å². The van der Waals surface area contributed by atoms with Crippen LogP contribution in [-0.2, 0) is 7.05 Å². The maximum absolute atomic E-state index is 9.85. The zero-order chi connectivity index (χ0) is 14.0. The summed E-state index contributed by atoms with van der Waals surface area (Å²) in [4.78, 5) is 2.75. The second kappa shape index (κ2) is 5.26. The first kappa shape index (κ1) is 13.3. The number of hydrogen-bond acceptors (Lipinski definition) is 4. The monoisotopic (exact) mass is 294 g/mol. The van der Waals surface area contributed by atoms with Gasteiger partial charge in [0, 0.05) is 0 Å². The van der Waals surface area contributed by atoms with Gasteiger partial charge in [-0.3, -0.25) is 0 Å². The number of halogens is 1. The highest BCUT2D eigenvalue weighted by Gasteiger charge is 2.15. The van der Waals surface area contributed by atoms with E-state index in [-0.39, 0.29) is 21.3 Å². The highest BCUT2D eigenvalue weighted by atomic mass is 35.5. The largest absolute Gasteiger partial charge is 0.498 e. The molecule has 96 valence electrons. The molecule has 2 aromatic rings. The highest BCUT2D eigenvalue weighted by Crippen LogP contribution is 2.32. The van der Waals surface area contributed by atoms with Crippen molar-refractivity contribution in [2.75, 3.05) is 0 Å². The molecule has 0 amide bonds. The van der Waals surface area contributed by atoms with Crippen LogP contribution in [0.4, 0.5) is 0 Å². The van der Waals surface area contributed by atoms with E-state index in [2.05, 4.69) is 4.98 Å². The minimum Gasteiger partial charge on any atom is -0.498 e. The highest BCUT2D eigenvalue weighted by molar-refractivity contribution is 7.71. The van der Waals surface area contributed by atoms with Crippen molar-refractivity contribution in [2.45, 2.75) is 0 Å². The number of aromatic amines is 1. The van der Waals surface area contributed by atoms with Crippen LogP contribution < -0.4 is 9.30 Å². The normalized spacial score (nSPS) is 9.95. The molecule has 0 radical (unpaired) electrons. The average Bonchev–Trinajstić information content (AvgIpc) is 2.41. The summed E-state index contributed by atoms with van der Waals surface area (Å²) in [6.07, 6.45) is 1.55. The Balaban J connectivity index is 2.40. The second-order valence-corrected chi connectivity index (χ2v) is 4.52. The number of aryl methyl sites for hydroxylation is 1. The van der Waals surface area contributed by atoms with Crippen molar-refractivity contribution in [3.63, 3.8) is 0 Å². The van der Waals surface area contributed by atoms with Crippen molar-refractivity contribution in [2.24, 2.45) is 7.05 Å². The van der Waals surface area contributed by atoms with E-state index in [9.17, 15) is 5.11 Å². The van der Waals surface area contributed by atoms with Crippen LogP contribution in [0.2, 0.25) is 5.02 Å². The first-order valence-electron chi connectivity index (χ1n) is 5.20. The lowest BCUT2D eigenvalue weighted by atomic mass is 10.2. The van der Waals surface area contributed by atoms with Crippen LogP contribution in [-0.4, -0.2) is 10.1 Å². The third-order valence-electron chi connectivity index (χ3n) is 2.40. The number of ether oxygens (including phenoxy) is 1. The number of aromatic hydroxyl groups is 1. The summed E-state index contributed by atoms with van der Waals surface area (Å²) in [7, 11) is 1.69. The molecular formula is C12H9ClN3O2S+. The van der Waals surface area contributed by atoms with Crippen molar-refractivity contribution < 1.29 is 14.4 Å². The molecule has 0 saturated carbocycles. The van der Waals surface area contributed by atoms with Crippen LogP contribution in [0.1, 0.15) is 5.56 Å². The zero-order valence-corrected chi connectivity index (χ0v) is 11.4. The Morgan fingerprint density at radius 1 is 1.53 bits per heavy atom. The van der Waals surface area contributed by atoms with Crippen LogP contribution in [0.5, 0.6) is 17.4 Å². The molecule has 0 unspecified atom stereocenters. The van der Waals surface area contributed by atoms with E-state index < -0.39 is 0 Å². The molecule has 0 spiro atoms. The molecule has 0 fully saturated rings. The lowest BCUT2D eigenvalue weighted by Crippen LogP contribution is -2.29. The van der Waals surface area contributed by atoms with Crippen LogP contribution in [0.15, 0.2) is 24.5 Å². The van der Waals surface area contributed by atoms with Gasteiger partial charge in [-0.15, -0.1) is 0 Å². The van der Waals surface area contributed by atoms with Crippen LogP contribution in [0, 0.1) is 16.0 Å². The molecule has 0 aliphatic rings. The number of H-pyrrole nitrogens is 1. The summed E-state index contributed by atoms with van der Waals surface area (Å²) < 4.78 is 7.22. The lowest BCUT2D eigenvalue weighted by Gasteiger charge is -2.06. The van der Waals surface area contributed by atoms with Crippen molar-refractivity contribution in [3.05, 3.63) is 39.8 Å². The number of nitrogens with zero attached hydrogens (tertiary/aromatic N) is 2. The van der Waals surface area contributed by atoms with Crippen molar-refractivity contribution in [3.8, 4) is 23.4 Å². The Bertz CT molecular complexity index is 737. The van der Waals surface area contributed by atoms with E-state index in [1.165, 1.54) is 10.6 Å². The Morgan fingerprint density at radius 3 is 2.89 bits per heavy atom. The zero-order valence-electron chi connectivity index (χ0n) is 9.85. The molecule has 1 heterocycles. The molecular weight excluding hydrogens is 286 g/mol. The van der Waals surface area contributed by atoms with Crippen LogP contribution >= 0.6 is 23.8 Å². The third-order valence-corrected chi connectivity index (χ3v) is 3.18. The topological polar surface area (TPSA) is 72.9 Å². The standard InChI is InChI=1S/C12H8ClN3O2S/c1-16-6-15-11(10(17)12(16)19)18-9-3-2-7(5-14)4-8(9)13/h2-4,6,17H,1H3/p+1. The fourth-order valence-corrected chi connectivity index (χ4v) is 1.75. The van der Waals surface area contributed by atoms with Gasteiger partial charge in [0.15, 0.2) is 0 Å². The molecule has 0 atom stereocenters. The van der Waals surface area contributed by atoms with Gasteiger partial charge in [-0.05, 0) is 30.4 Å². The van der Waals surface area contributed by atoms with Gasteiger partial charge in [0.1, 0.15) is 5.75 Å². The summed E-state index contributed by atoms with van der Waals surface area (Å²) in [5, 5.41) is 18.9. The molecule has 5 nitrogen and oxygen atoms in total. The number of aromatic nitrogens is 2. The van der Waals surface area contributed by atoms with Gasteiger partial charge in [0.25, 0.3) is 5.75 Å². The molecule has 19 heavy (non-hydrogen) atoms. The van der Waals surface area contributed by atoms with E-state index in [1.54, 1.807) is 25.5 Å².